The molecule has 136 valence electrons. The van der Waals surface area contributed by atoms with Crippen LogP contribution in [0.2, 0.25) is 0 Å². The molecule has 1 aliphatic carbocycles. The van der Waals surface area contributed by atoms with Crippen LogP contribution in [0.4, 0.5) is 5.82 Å². The molecule has 0 atom stereocenters. The fourth-order valence-corrected chi connectivity index (χ4v) is 5.31. The lowest BCUT2D eigenvalue weighted by atomic mass is 9.97. The molecule has 7 heteroatoms. The molecule has 0 N–H and O–H groups in total. The SMILES string of the molecule is Cc1cc(C)n(-c2nc(N3CCOCC3)c3c4c(sc3n2)CCCC4)n1. The van der Waals surface area contributed by atoms with E-state index in [1.165, 1.54) is 35.1 Å². The first kappa shape index (κ1) is 16.2. The van der Waals surface area contributed by atoms with Crippen molar-refractivity contribution in [3.8, 4) is 5.95 Å². The largest absolute Gasteiger partial charge is 0.378 e. The molecule has 1 aliphatic heterocycles. The van der Waals surface area contributed by atoms with Crippen molar-refractivity contribution in [3.63, 3.8) is 0 Å². The second-order valence-corrected chi connectivity index (χ2v) is 8.26. The number of fused-ring (bicyclic) bond motifs is 3. The Morgan fingerprint density at radius 1 is 1.08 bits per heavy atom. The lowest BCUT2D eigenvalue weighted by Gasteiger charge is -2.29. The molecule has 2 aliphatic rings. The monoisotopic (exact) mass is 369 g/mol. The van der Waals surface area contributed by atoms with E-state index in [0.29, 0.717) is 5.95 Å². The molecule has 0 radical (unpaired) electrons. The maximum Gasteiger partial charge on any atom is 0.254 e. The second-order valence-electron chi connectivity index (χ2n) is 7.18. The molecule has 0 saturated carbocycles. The summed E-state index contributed by atoms with van der Waals surface area (Å²) in [5.74, 6) is 1.75. The Labute approximate surface area is 156 Å². The summed E-state index contributed by atoms with van der Waals surface area (Å²) in [4.78, 5) is 14.9. The first-order valence-corrected chi connectivity index (χ1v) is 10.2. The van der Waals surface area contributed by atoms with Crippen LogP contribution in [0.3, 0.4) is 0 Å². The Kier molecular flexibility index (Phi) is 3.94. The minimum Gasteiger partial charge on any atom is -0.378 e. The third-order valence-corrected chi connectivity index (χ3v) is 6.48. The highest BCUT2D eigenvalue weighted by atomic mass is 32.1. The van der Waals surface area contributed by atoms with E-state index >= 15 is 0 Å². The Balaban J connectivity index is 1.74. The smallest absolute Gasteiger partial charge is 0.254 e. The molecule has 4 heterocycles. The topological polar surface area (TPSA) is 56.1 Å². The van der Waals surface area contributed by atoms with Gasteiger partial charge in [0.05, 0.1) is 24.3 Å². The van der Waals surface area contributed by atoms with Crippen molar-refractivity contribution in [1.82, 2.24) is 19.7 Å². The molecule has 26 heavy (non-hydrogen) atoms. The van der Waals surface area contributed by atoms with Crippen molar-refractivity contribution in [2.24, 2.45) is 0 Å². The molecule has 3 aromatic heterocycles. The van der Waals surface area contributed by atoms with E-state index in [0.717, 1.165) is 54.8 Å². The number of ether oxygens (including phenoxy) is 1. The number of nitrogens with zero attached hydrogens (tertiary/aromatic N) is 5. The van der Waals surface area contributed by atoms with Gasteiger partial charge in [-0.1, -0.05) is 0 Å². The van der Waals surface area contributed by atoms with Crippen LogP contribution in [0.25, 0.3) is 16.2 Å². The summed E-state index contributed by atoms with van der Waals surface area (Å²) in [7, 11) is 0. The summed E-state index contributed by atoms with van der Waals surface area (Å²) in [5, 5.41) is 5.88. The zero-order chi connectivity index (χ0) is 17.7. The molecule has 1 fully saturated rings. The van der Waals surface area contributed by atoms with Gasteiger partial charge in [-0.15, -0.1) is 11.3 Å². The Morgan fingerprint density at radius 2 is 1.88 bits per heavy atom. The van der Waals surface area contributed by atoms with Gasteiger partial charge in [0.1, 0.15) is 10.6 Å². The van der Waals surface area contributed by atoms with E-state index in [1.807, 2.05) is 22.9 Å². The number of hydrogen-bond donors (Lipinski definition) is 0. The molecular formula is C19H23N5OS. The predicted octanol–water partition coefficient (Wildman–Crippen LogP) is 3.21. The van der Waals surface area contributed by atoms with Gasteiger partial charge >= 0.3 is 0 Å². The van der Waals surface area contributed by atoms with Gasteiger partial charge in [-0.25, -0.2) is 4.68 Å². The zero-order valence-electron chi connectivity index (χ0n) is 15.3. The van der Waals surface area contributed by atoms with Crippen molar-refractivity contribution in [2.45, 2.75) is 39.5 Å². The van der Waals surface area contributed by atoms with E-state index in [9.17, 15) is 0 Å². The van der Waals surface area contributed by atoms with Gasteiger partial charge in [-0.3, -0.25) is 0 Å². The third kappa shape index (κ3) is 2.61. The maximum atomic E-state index is 5.56. The van der Waals surface area contributed by atoms with Crippen molar-refractivity contribution in [2.75, 3.05) is 31.2 Å². The summed E-state index contributed by atoms with van der Waals surface area (Å²) in [5.41, 5.74) is 3.54. The molecule has 1 saturated heterocycles. The maximum absolute atomic E-state index is 5.56. The first-order valence-electron chi connectivity index (χ1n) is 9.39. The van der Waals surface area contributed by atoms with Crippen LogP contribution in [-0.2, 0) is 17.6 Å². The minimum atomic E-state index is 0.684. The van der Waals surface area contributed by atoms with Crippen LogP contribution in [-0.4, -0.2) is 46.1 Å². The van der Waals surface area contributed by atoms with E-state index in [-0.39, 0.29) is 0 Å². The van der Waals surface area contributed by atoms with Crippen molar-refractivity contribution >= 4 is 27.4 Å². The van der Waals surface area contributed by atoms with E-state index in [4.69, 9.17) is 14.7 Å². The van der Waals surface area contributed by atoms with E-state index < -0.39 is 0 Å². The van der Waals surface area contributed by atoms with Crippen molar-refractivity contribution < 1.29 is 4.74 Å². The number of anilines is 1. The van der Waals surface area contributed by atoms with Crippen molar-refractivity contribution in [1.29, 1.82) is 0 Å². The number of aryl methyl sites for hydroxylation is 4. The zero-order valence-corrected chi connectivity index (χ0v) is 16.1. The standard InChI is InChI=1S/C19H23N5OS/c1-12-11-13(2)24(22-12)19-20-17(23-7-9-25-10-8-23)16-14-5-3-4-6-15(14)26-18(16)21-19/h11H,3-10H2,1-2H3. The second kappa shape index (κ2) is 6.32. The summed E-state index contributed by atoms with van der Waals surface area (Å²) < 4.78 is 7.44. The van der Waals surface area contributed by atoms with Crippen LogP contribution in [0, 0.1) is 13.8 Å². The molecule has 3 aromatic rings. The van der Waals surface area contributed by atoms with Gasteiger partial charge in [-0.05, 0) is 51.2 Å². The number of thiophene rings is 1. The molecule has 0 spiro atoms. The average molecular weight is 369 g/mol. The average Bonchev–Trinajstić information content (AvgIpc) is 3.20. The van der Waals surface area contributed by atoms with Crippen LogP contribution >= 0.6 is 11.3 Å². The molecule has 0 aromatic carbocycles. The molecular weight excluding hydrogens is 346 g/mol. The summed E-state index contributed by atoms with van der Waals surface area (Å²) in [6.45, 7) is 7.34. The fourth-order valence-electron chi connectivity index (χ4n) is 4.06. The molecule has 0 unspecified atom stereocenters. The van der Waals surface area contributed by atoms with Crippen LogP contribution in [0.5, 0.6) is 0 Å². The highest BCUT2D eigenvalue weighted by molar-refractivity contribution is 7.19. The number of hydrogen-bond acceptors (Lipinski definition) is 6. The summed E-state index contributed by atoms with van der Waals surface area (Å²) in [6.07, 6.45) is 4.87. The summed E-state index contributed by atoms with van der Waals surface area (Å²) >= 11 is 1.85. The van der Waals surface area contributed by atoms with E-state index in [2.05, 4.69) is 23.0 Å². The Bertz CT molecular complexity index is 970. The van der Waals surface area contributed by atoms with Gasteiger partial charge in [0.15, 0.2) is 0 Å². The van der Waals surface area contributed by atoms with E-state index in [1.54, 1.807) is 0 Å². The van der Waals surface area contributed by atoms with Gasteiger partial charge in [0.25, 0.3) is 5.95 Å². The minimum absolute atomic E-state index is 0.684. The lowest BCUT2D eigenvalue weighted by Crippen LogP contribution is -2.37. The lowest BCUT2D eigenvalue weighted by molar-refractivity contribution is 0.122. The fraction of sp³-hybridized carbons (Fsp3) is 0.526. The van der Waals surface area contributed by atoms with Crippen LogP contribution in [0.1, 0.15) is 34.7 Å². The Morgan fingerprint density at radius 3 is 2.65 bits per heavy atom. The number of aromatic nitrogens is 4. The highest BCUT2D eigenvalue weighted by Crippen LogP contribution is 2.40. The first-order chi connectivity index (χ1) is 12.7. The number of rotatable bonds is 2. The normalized spacial score (nSPS) is 17.7. The summed E-state index contributed by atoms with van der Waals surface area (Å²) in [6, 6.07) is 2.07. The Hall–Kier alpha value is -1.99. The molecule has 0 bridgehead atoms. The molecule has 6 nitrogen and oxygen atoms in total. The molecule has 5 rings (SSSR count). The predicted molar refractivity (Wildman–Crippen MR) is 104 cm³/mol. The van der Waals surface area contributed by atoms with Crippen molar-refractivity contribution in [3.05, 3.63) is 27.9 Å². The van der Waals surface area contributed by atoms with Gasteiger partial charge < -0.3 is 9.64 Å². The number of morpholine rings is 1. The van der Waals surface area contributed by atoms with Crippen LogP contribution in [0.15, 0.2) is 6.07 Å². The highest BCUT2D eigenvalue weighted by Gasteiger charge is 2.25. The third-order valence-electron chi connectivity index (χ3n) is 5.29. The van der Waals surface area contributed by atoms with Crippen LogP contribution < -0.4 is 4.90 Å². The van der Waals surface area contributed by atoms with Gasteiger partial charge in [0, 0.05) is 23.7 Å². The quantitative estimate of drug-likeness (QED) is 0.694. The molecule has 0 amide bonds. The van der Waals surface area contributed by atoms with Gasteiger partial charge in [-0.2, -0.15) is 15.1 Å². The van der Waals surface area contributed by atoms with Gasteiger partial charge in [0.2, 0.25) is 0 Å².